The van der Waals surface area contributed by atoms with Crippen LogP contribution in [-0.4, -0.2) is 46.9 Å². The summed E-state index contributed by atoms with van der Waals surface area (Å²) in [4.78, 5) is 20.9. The van der Waals surface area contributed by atoms with Crippen molar-refractivity contribution in [2.24, 2.45) is 0 Å². The van der Waals surface area contributed by atoms with Gasteiger partial charge in [0.25, 0.3) is 5.91 Å². The number of halogens is 1. The summed E-state index contributed by atoms with van der Waals surface area (Å²) in [6.07, 6.45) is 4.32. The van der Waals surface area contributed by atoms with Crippen LogP contribution in [0.15, 0.2) is 42.7 Å². The number of amides is 1. The molecule has 126 valence electrons. The average molecular weight is 344 g/mol. The molecular formula is C19H22ClN3O. The maximum Gasteiger partial charge on any atom is 0.254 e. The number of aryl methyl sites for hydroxylation is 1. The molecule has 1 aliphatic rings. The van der Waals surface area contributed by atoms with Gasteiger partial charge in [-0.15, -0.1) is 0 Å². The van der Waals surface area contributed by atoms with Crippen molar-refractivity contribution in [2.45, 2.75) is 19.9 Å². The van der Waals surface area contributed by atoms with E-state index in [9.17, 15) is 4.79 Å². The van der Waals surface area contributed by atoms with Gasteiger partial charge < -0.3 is 4.90 Å². The van der Waals surface area contributed by atoms with Gasteiger partial charge >= 0.3 is 0 Å². The molecule has 1 aliphatic heterocycles. The van der Waals surface area contributed by atoms with Crippen molar-refractivity contribution in [3.63, 3.8) is 0 Å². The summed E-state index contributed by atoms with van der Waals surface area (Å²) in [6, 6.07) is 9.61. The van der Waals surface area contributed by atoms with Crippen molar-refractivity contribution in [3.8, 4) is 0 Å². The fourth-order valence-electron chi connectivity index (χ4n) is 3.09. The molecule has 2 heterocycles. The Kier molecular flexibility index (Phi) is 5.48. The summed E-state index contributed by atoms with van der Waals surface area (Å²) in [6.45, 7) is 6.45. The van der Waals surface area contributed by atoms with Gasteiger partial charge in [-0.05, 0) is 48.7 Å². The van der Waals surface area contributed by atoms with Crippen LogP contribution in [-0.2, 0) is 6.54 Å². The Morgan fingerprint density at radius 2 is 1.92 bits per heavy atom. The van der Waals surface area contributed by atoms with E-state index in [0.29, 0.717) is 5.56 Å². The maximum absolute atomic E-state index is 12.6. The van der Waals surface area contributed by atoms with Gasteiger partial charge in [0, 0.05) is 55.7 Å². The second-order valence-corrected chi connectivity index (χ2v) is 6.67. The van der Waals surface area contributed by atoms with Crippen molar-refractivity contribution in [1.29, 1.82) is 0 Å². The van der Waals surface area contributed by atoms with Crippen LogP contribution in [0.4, 0.5) is 0 Å². The third-order valence-electron chi connectivity index (χ3n) is 4.50. The Morgan fingerprint density at radius 1 is 1.12 bits per heavy atom. The number of aromatic nitrogens is 1. The zero-order valence-corrected chi connectivity index (χ0v) is 14.7. The largest absolute Gasteiger partial charge is 0.337 e. The Labute approximate surface area is 148 Å². The molecule has 5 heteroatoms. The highest BCUT2D eigenvalue weighted by atomic mass is 35.5. The van der Waals surface area contributed by atoms with Crippen molar-refractivity contribution < 1.29 is 4.79 Å². The van der Waals surface area contributed by atoms with E-state index in [1.807, 2.05) is 17.0 Å². The standard InChI is InChI=1S/C19H22ClN3O/c1-15-13-18(20)4-3-17(15)14-22-9-2-10-23(12-11-22)19(24)16-5-7-21-8-6-16/h3-8,13H,2,9-12,14H2,1H3. The van der Waals surface area contributed by atoms with Crippen molar-refractivity contribution >= 4 is 17.5 Å². The number of carbonyl (C=O) groups excluding carboxylic acids is 1. The van der Waals surface area contributed by atoms with Crippen LogP contribution in [0.5, 0.6) is 0 Å². The lowest BCUT2D eigenvalue weighted by Crippen LogP contribution is -2.35. The normalized spacial score (nSPS) is 16.0. The van der Waals surface area contributed by atoms with Gasteiger partial charge in [-0.25, -0.2) is 0 Å². The minimum atomic E-state index is 0.0990. The predicted octanol–water partition coefficient (Wildman–Crippen LogP) is 3.39. The molecular weight excluding hydrogens is 322 g/mol. The molecule has 1 amide bonds. The van der Waals surface area contributed by atoms with Crippen LogP contribution in [0.2, 0.25) is 5.02 Å². The first-order valence-corrected chi connectivity index (χ1v) is 8.68. The van der Waals surface area contributed by atoms with Gasteiger partial charge in [0.1, 0.15) is 0 Å². The highest BCUT2D eigenvalue weighted by Gasteiger charge is 2.20. The third kappa shape index (κ3) is 4.13. The van der Waals surface area contributed by atoms with Crippen LogP contribution in [0.1, 0.15) is 27.9 Å². The van der Waals surface area contributed by atoms with Gasteiger partial charge in [-0.3, -0.25) is 14.7 Å². The van der Waals surface area contributed by atoms with Crippen LogP contribution in [0.25, 0.3) is 0 Å². The molecule has 0 saturated carbocycles. The van der Waals surface area contributed by atoms with E-state index in [1.165, 1.54) is 11.1 Å². The molecule has 0 atom stereocenters. The summed E-state index contributed by atoms with van der Waals surface area (Å²) >= 11 is 6.04. The van der Waals surface area contributed by atoms with E-state index in [2.05, 4.69) is 22.9 Å². The first-order valence-electron chi connectivity index (χ1n) is 8.30. The van der Waals surface area contributed by atoms with Crippen LogP contribution in [0, 0.1) is 6.92 Å². The highest BCUT2D eigenvalue weighted by Crippen LogP contribution is 2.18. The van der Waals surface area contributed by atoms with Gasteiger partial charge in [0.15, 0.2) is 0 Å². The van der Waals surface area contributed by atoms with Crippen molar-refractivity contribution in [2.75, 3.05) is 26.2 Å². The molecule has 0 aliphatic carbocycles. The van der Waals surface area contributed by atoms with E-state index < -0.39 is 0 Å². The Morgan fingerprint density at radius 3 is 2.67 bits per heavy atom. The van der Waals surface area contributed by atoms with Crippen LogP contribution < -0.4 is 0 Å². The molecule has 2 aromatic rings. The van der Waals surface area contributed by atoms with E-state index >= 15 is 0 Å². The summed E-state index contributed by atoms with van der Waals surface area (Å²) in [5.74, 6) is 0.0990. The third-order valence-corrected chi connectivity index (χ3v) is 4.74. The summed E-state index contributed by atoms with van der Waals surface area (Å²) in [7, 11) is 0. The smallest absolute Gasteiger partial charge is 0.254 e. The zero-order valence-electron chi connectivity index (χ0n) is 13.9. The van der Waals surface area contributed by atoms with Gasteiger partial charge in [0.05, 0.1) is 0 Å². The molecule has 0 unspecified atom stereocenters. The Bertz CT molecular complexity index is 705. The number of hydrogen-bond donors (Lipinski definition) is 0. The lowest BCUT2D eigenvalue weighted by Gasteiger charge is -2.22. The molecule has 4 nitrogen and oxygen atoms in total. The molecule has 0 spiro atoms. The number of nitrogens with zero attached hydrogens (tertiary/aromatic N) is 3. The summed E-state index contributed by atoms with van der Waals surface area (Å²) in [5, 5.41) is 0.779. The molecule has 0 bridgehead atoms. The molecule has 1 aromatic heterocycles. The quantitative estimate of drug-likeness (QED) is 0.857. The fourth-order valence-corrected chi connectivity index (χ4v) is 3.31. The fraction of sp³-hybridized carbons (Fsp3) is 0.368. The van der Waals surface area contributed by atoms with Crippen LogP contribution >= 0.6 is 11.6 Å². The average Bonchev–Trinajstić information content (AvgIpc) is 2.83. The Balaban J connectivity index is 1.62. The molecule has 24 heavy (non-hydrogen) atoms. The minimum Gasteiger partial charge on any atom is -0.337 e. The summed E-state index contributed by atoms with van der Waals surface area (Å²) < 4.78 is 0. The van der Waals surface area contributed by atoms with Gasteiger partial charge in [0.2, 0.25) is 0 Å². The van der Waals surface area contributed by atoms with Crippen molar-refractivity contribution in [3.05, 3.63) is 64.4 Å². The summed E-state index contributed by atoms with van der Waals surface area (Å²) in [5.41, 5.74) is 3.23. The molecule has 1 fully saturated rings. The molecule has 3 rings (SSSR count). The van der Waals surface area contributed by atoms with E-state index in [1.54, 1.807) is 24.5 Å². The van der Waals surface area contributed by atoms with Crippen molar-refractivity contribution in [1.82, 2.24) is 14.8 Å². The Hall–Kier alpha value is -1.91. The predicted molar refractivity (Wildman–Crippen MR) is 96.2 cm³/mol. The first-order chi connectivity index (χ1) is 11.6. The zero-order chi connectivity index (χ0) is 16.9. The highest BCUT2D eigenvalue weighted by molar-refractivity contribution is 6.30. The van der Waals surface area contributed by atoms with Gasteiger partial charge in [-0.1, -0.05) is 17.7 Å². The minimum absolute atomic E-state index is 0.0990. The molecule has 0 N–H and O–H groups in total. The molecule has 0 radical (unpaired) electrons. The monoisotopic (exact) mass is 343 g/mol. The lowest BCUT2D eigenvalue weighted by molar-refractivity contribution is 0.0761. The maximum atomic E-state index is 12.6. The lowest BCUT2D eigenvalue weighted by atomic mass is 10.1. The number of pyridine rings is 1. The first kappa shape index (κ1) is 16.9. The number of benzene rings is 1. The van der Waals surface area contributed by atoms with Crippen LogP contribution in [0.3, 0.4) is 0 Å². The molecule has 1 aromatic carbocycles. The van der Waals surface area contributed by atoms with E-state index in [4.69, 9.17) is 11.6 Å². The topological polar surface area (TPSA) is 36.4 Å². The van der Waals surface area contributed by atoms with Gasteiger partial charge in [-0.2, -0.15) is 0 Å². The number of carbonyl (C=O) groups is 1. The van der Waals surface area contributed by atoms with E-state index in [0.717, 1.165) is 44.2 Å². The SMILES string of the molecule is Cc1cc(Cl)ccc1CN1CCCN(C(=O)c2ccncc2)CC1. The van der Waals surface area contributed by atoms with E-state index in [-0.39, 0.29) is 5.91 Å². The molecule has 1 saturated heterocycles. The second-order valence-electron chi connectivity index (χ2n) is 6.23. The second kappa shape index (κ2) is 7.77. The number of hydrogen-bond acceptors (Lipinski definition) is 3. The number of rotatable bonds is 3.